The van der Waals surface area contributed by atoms with Crippen molar-refractivity contribution in [2.45, 2.75) is 51.7 Å². The number of nitro benzene ring substituents is 1. The maximum atomic E-state index is 13.8. The summed E-state index contributed by atoms with van der Waals surface area (Å²) in [6.07, 6.45) is 0.0672. The minimum Gasteiger partial charge on any atom is -0.350 e. The molecule has 0 saturated heterocycles. The summed E-state index contributed by atoms with van der Waals surface area (Å²) in [6, 6.07) is 21.9. The first-order chi connectivity index (χ1) is 17.0. The Labute approximate surface area is 216 Å². The van der Waals surface area contributed by atoms with Crippen LogP contribution < -0.4 is 5.32 Å². The quantitative estimate of drug-likeness (QED) is 0.312. The largest absolute Gasteiger partial charge is 0.350 e. The van der Waals surface area contributed by atoms with Crippen LogP contribution in [-0.2, 0) is 29.0 Å². The van der Waals surface area contributed by atoms with Gasteiger partial charge in [-0.1, -0.05) is 72.3 Å². The van der Waals surface area contributed by atoms with Gasteiger partial charge < -0.3 is 10.2 Å². The summed E-state index contributed by atoms with van der Waals surface area (Å²) in [7, 11) is 0. The van der Waals surface area contributed by atoms with E-state index in [0.29, 0.717) is 10.6 Å². The Balaban J connectivity index is 2.03. The first-order valence-electron chi connectivity index (χ1n) is 11.7. The number of nitrogens with zero attached hydrogens (tertiary/aromatic N) is 2. The molecule has 1 atom stereocenters. The fraction of sp³-hybridized carbons (Fsp3) is 0.286. The van der Waals surface area contributed by atoms with E-state index < -0.39 is 22.4 Å². The number of halogens is 1. The Morgan fingerprint density at radius 2 is 1.61 bits per heavy atom. The van der Waals surface area contributed by atoms with Crippen molar-refractivity contribution in [1.82, 2.24) is 10.2 Å². The number of carbonyl (C=O) groups is 2. The van der Waals surface area contributed by atoms with E-state index in [9.17, 15) is 19.7 Å². The molecular formula is C28H30ClN3O4. The lowest BCUT2D eigenvalue weighted by Gasteiger charge is -2.34. The summed E-state index contributed by atoms with van der Waals surface area (Å²) in [5.41, 5.74) is 1.28. The van der Waals surface area contributed by atoms with Crippen LogP contribution in [0, 0.1) is 10.1 Å². The van der Waals surface area contributed by atoms with Crippen LogP contribution in [0.1, 0.15) is 37.5 Å². The number of amides is 2. The third-order valence-corrected chi connectivity index (χ3v) is 5.78. The Morgan fingerprint density at radius 1 is 0.972 bits per heavy atom. The molecular weight excluding hydrogens is 478 g/mol. The molecule has 36 heavy (non-hydrogen) atoms. The van der Waals surface area contributed by atoms with Gasteiger partial charge in [-0.3, -0.25) is 19.7 Å². The van der Waals surface area contributed by atoms with Crippen LogP contribution in [-0.4, -0.2) is 33.2 Å². The zero-order valence-electron chi connectivity index (χ0n) is 20.6. The van der Waals surface area contributed by atoms with Gasteiger partial charge in [0.05, 0.1) is 11.3 Å². The fourth-order valence-electron chi connectivity index (χ4n) is 3.94. The SMILES string of the molecule is CC(C)(C)NC(=O)[C@H](Cc1ccccc1)N(Cc1cccc(Cl)c1)C(=O)Cc1ccccc1[N+](=O)[O-]. The second kappa shape index (κ2) is 11.8. The molecule has 0 unspecified atom stereocenters. The van der Waals surface area contributed by atoms with Crippen molar-refractivity contribution in [3.63, 3.8) is 0 Å². The predicted octanol–water partition coefficient (Wildman–Crippen LogP) is 5.35. The van der Waals surface area contributed by atoms with Crippen LogP contribution in [0.3, 0.4) is 0 Å². The second-order valence-electron chi connectivity index (χ2n) is 9.66. The molecule has 0 aliphatic heterocycles. The maximum Gasteiger partial charge on any atom is 0.273 e. The molecule has 0 heterocycles. The van der Waals surface area contributed by atoms with Gasteiger partial charge in [0, 0.05) is 35.2 Å². The van der Waals surface area contributed by atoms with Gasteiger partial charge in [-0.05, 0) is 44.0 Å². The van der Waals surface area contributed by atoms with Gasteiger partial charge in [0.1, 0.15) is 6.04 Å². The summed E-state index contributed by atoms with van der Waals surface area (Å²) in [6.45, 7) is 5.75. The van der Waals surface area contributed by atoms with Crippen LogP contribution in [0.15, 0.2) is 78.9 Å². The third kappa shape index (κ3) is 7.65. The Hall–Kier alpha value is -3.71. The molecule has 7 nitrogen and oxygen atoms in total. The minimum absolute atomic E-state index is 0.120. The molecule has 0 radical (unpaired) electrons. The predicted molar refractivity (Wildman–Crippen MR) is 141 cm³/mol. The molecule has 0 fully saturated rings. The number of carbonyl (C=O) groups excluding carboxylic acids is 2. The van der Waals surface area contributed by atoms with Gasteiger partial charge in [0.15, 0.2) is 0 Å². The Bertz CT molecular complexity index is 1220. The summed E-state index contributed by atoms with van der Waals surface area (Å²) in [5, 5.41) is 15.1. The first kappa shape index (κ1) is 26.9. The highest BCUT2D eigenvalue weighted by Crippen LogP contribution is 2.22. The molecule has 3 rings (SSSR count). The van der Waals surface area contributed by atoms with Gasteiger partial charge in [-0.25, -0.2) is 0 Å². The normalized spacial score (nSPS) is 12.0. The highest BCUT2D eigenvalue weighted by molar-refractivity contribution is 6.30. The van der Waals surface area contributed by atoms with E-state index in [1.165, 1.54) is 11.0 Å². The van der Waals surface area contributed by atoms with Crippen LogP contribution in [0.5, 0.6) is 0 Å². The smallest absolute Gasteiger partial charge is 0.273 e. The molecule has 3 aromatic rings. The molecule has 8 heteroatoms. The van der Waals surface area contributed by atoms with Crippen molar-refractivity contribution in [3.05, 3.63) is 111 Å². The van der Waals surface area contributed by atoms with E-state index in [2.05, 4.69) is 5.32 Å². The highest BCUT2D eigenvalue weighted by Gasteiger charge is 2.33. The fourth-order valence-corrected chi connectivity index (χ4v) is 4.15. The van der Waals surface area contributed by atoms with Crippen molar-refractivity contribution in [2.75, 3.05) is 0 Å². The van der Waals surface area contributed by atoms with Gasteiger partial charge in [0.2, 0.25) is 11.8 Å². The lowest BCUT2D eigenvalue weighted by Crippen LogP contribution is -2.54. The molecule has 0 aliphatic carbocycles. The molecule has 0 spiro atoms. The molecule has 1 N–H and O–H groups in total. The van der Waals surface area contributed by atoms with Crippen molar-refractivity contribution in [2.24, 2.45) is 0 Å². The molecule has 0 aliphatic rings. The Kier molecular flexibility index (Phi) is 8.83. The summed E-state index contributed by atoms with van der Waals surface area (Å²) in [4.78, 5) is 39.9. The Morgan fingerprint density at radius 3 is 2.25 bits per heavy atom. The van der Waals surface area contributed by atoms with E-state index in [4.69, 9.17) is 11.6 Å². The number of benzene rings is 3. The van der Waals surface area contributed by atoms with Crippen LogP contribution >= 0.6 is 11.6 Å². The standard InChI is InChI=1S/C28H30ClN3O4/c1-28(2,3)30-27(34)25(17-20-10-5-4-6-11-20)31(19-21-12-9-14-23(29)16-21)26(33)18-22-13-7-8-15-24(22)32(35)36/h4-16,25H,17-19H2,1-3H3,(H,30,34)/t25-/m0/s1. The van der Waals surface area contributed by atoms with Crippen LogP contribution in [0.4, 0.5) is 5.69 Å². The number of nitro groups is 1. The van der Waals surface area contributed by atoms with E-state index in [0.717, 1.165) is 11.1 Å². The van der Waals surface area contributed by atoms with E-state index in [1.807, 2.05) is 57.2 Å². The second-order valence-corrected chi connectivity index (χ2v) is 10.1. The summed E-state index contributed by atoms with van der Waals surface area (Å²) < 4.78 is 0. The molecule has 0 aromatic heterocycles. The van der Waals surface area contributed by atoms with Gasteiger partial charge in [0.25, 0.3) is 5.69 Å². The summed E-state index contributed by atoms with van der Waals surface area (Å²) in [5.74, 6) is -0.696. The number of para-hydroxylation sites is 1. The average Bonchev–Trinajstić information content (AvgIpc) is 2.81. The number of hydrogen-bond donors (Lipinski definition) is 1. The monoisotopic (exact) mass is 507 g/mol. The van der Waals surface area contributed by atoms with Gasteiger partial charge in [-0.15, -0.1) is 0 Å². The number of hydrogen-bond acceptors (Lipinski definition) is 4. The molecule has 0 saturated carbocycles. The van der Waals surface area contributed by atoms with Crippen molar-refractivity contribution >= 4 is 29.1 Å². The maximum absolute atomic E-state index is 13.8. The zero-order chi connectivity index (χ0) is 26.3. The van der Waals surface area contributed by atoms with Gasteiger partial charge in [-0.2, -0.15) is 0 Å². The minimum atomic E-state index is -0.846. The first-order valence-corrected chi connectivity index (χ1v) is 12.0. The van der Waals surface area contributed by atoms with E-state index >= 15 is 0 Å². The van der Waals surface area contributed by atoms with E-state index in [-0.39, 0.29) is 31.0 Å². The van der Waals surface area contributed by atoms with Crippen molar-refractivity contribution in [3.8, 4) is 0 Å². The summed E-state index contributed by atoms with van der Waals surface area (Å²) >= 11 is 6.19. The average molecular weight is 508 g/mol. The lowest BCUT2D eigenvalue weighted by molar-refractivity contribution is -0.385. The van der Waals surface area contributed by atoms with Crippen LogP contribution in [0.2, 0.25) is 5.02 Å². The van der Waals surface area contributed by atoms with Crippen molar-refractivity contribution < 1.29 is 14.5 Å². The topological polar surface area (TPSA) is 92.6 Å². The third-order valence-electron chi connectivity index (χ3n) is 5.54. The van der Waals surface area contributed by atoms with Gasteiger partial charge >= 0.3 is 0 Å². The zero-order valence-corrected chi connectivity index (χ0v) is 21.4. The molecule has 0 bridgehead atoms. The van der Waals surface area contributed by atoms with Crippen LogP contribution in [0.25, 0.3) is 0 Å². The highest BCUT2D eigenvalue weighted by atomic mass is 35.5. The van der Waals surface area contributed by atoms with Crippen molar-refractivity contribution in [1.29, 1.82) is 0 Å². The molecule has 3 aromatic carbocycles. The van der Waals surface area contributed by atoms with E-state index in [1.54, 1.807) is 36.4 Å². The number of nitrogens with one attached hydrogen (secondary N) is 1. The lowest BCUT2D eigenvalue weighted by atomic mass is 9.99. The molecule has 188 valence electrons. The molecule has 2 amide bonds. The number of rotatable bonds is 9.